The molecule has 0 amide bonds. The van der Waals surface area contributed by atoms with Gasteiger partial charge in [-0.1, -0.05) is 23.6 Å². The molecule has 0 saturated carbocycles. The van der Waals surface area contributed by atoms with E-state index in [2.05, 4.69) is 5.92 Å². The van der Waals surface area contributed by atoms with Gasteiger partial charge in [-0.25, -0.2) is 4.79 Å². The van der Waals surface area contributed by atoms with Crippen molar-refractivity contribution < 1.29 is 9.90 Å². The van der Waals surface area contributed by atoms with E-state index in [0.29, 0.717) is 5.56 Å². The molecule has 0 fully saturated rings. The standard InChI is InChI=1S/C9H5ClO2/c1-2-6-4-3-5-7(8(6)10)9(11)12/h1,3-5H,(H,11,12). The molecule has 0 atom stereocenters. The van der Waals surface area contributed by atoms with Crippen molar-refractivity contribution in [1.29, 1.82) is 0 Å². The van der Waals surface area contributed by atoms with Crippen LogP contribution in [0.15, 0.2) is 18.2 Å². The molecule has 0 aromatic heterocycles. The Hall–Kier alpha value is -1.46. The number of hydrogen-bond donors (Lipinski definition) is 1. The molecule has 0 bridgehead atoms. The van der Waals surface area contributed by atoms with Gasteiger partial charge >= 0.3 is 5.97 Å². The molecule has 3 heteroatoms. The van der Waals surface area contributed by atoms with Crippen LogP contribution in [0.25, 0.3) is 0 Å². The van der Waals surface area contributed by atoms with Crippen LogP contribution in [-0.4, -0.2) is 11.1 Å². The van der Waals surface area contributed by atoms with E-state index in [9.17, 15) is 4.79 Å². The quantitative estimate of drug-likeness (QED) is 0.672. The number of aromatic carboxylic acids is 1. The van der Waals surface area contributed by atoms with E-state index in [1.165, 1.54) is 6.07 Å². The molecule has 0 aliphatic heterocycles. The number of hydrogen-bond acceptors (Lipinski definition) is 1. The van der Waals surface area contributed by atoms with Crippen LogP contribution < -0.4 is 0 Å². The fourth-order valence-electron chi connectivity index (χ4n) is 0.809. The third kappa shape index (κ3) is 1.41. The van der Waals surface area contributed by atoms with E-state index < -0.39 is 5.97 Å². The first kappa shape index (κ1) is 8.63. The lowest BCUT2D eigenvalue weighted by Crippen LogP contribution is -1.98. The lowest BCUT2D eigenvalue weighted by atomic mass is 10.1. The molecule has 0 radical (unpaired) electrons. The van der Waals surface area contributed by atoms with Gasteiger partial charge in [0, 0.05) is 5.56 Å². The van der Waals surface area contributed by atoms with Crippen molar-refractivity contribution in [3.8, 4) is 12.3 Å². The van der Waals surface area contributed by atoms with Crippen LogP contribution in [0.5, 0.6) is 0 Å². The van der Waals surface area contributed by atoms with Gasteiger partial charge in [-0.15, -0.1) is 6.42 Å². The number of carbonyl (C=O) groups is 1. The van der Waals surface area contributed by atoms with E-state index in [1.807, 2.05) is 0 Å². The van der Waals surface area contributed by atoms with Crippen molar-refractivity contribution >= 4 is 17.6 Å². The first-order chi connectivity index (χ1) is 5.66. The molecule has 1 aromatic rings. The summed E-state index contributed by atoms with van der Waals surface area (Å²) >= 11 is 5.68. The first-order valence-electron chi connectivity index (χ1n) is 3.15. The second kappa shape index (κ2) is 3.29. The highest BCUT2D eigenvalue weighted by Crippen LogP contribution is 2.19. The van der Waals surface area contributed by atoms with Crippen LogP contribution in [0, 0.1) is 12.3 Å². The summed E-state index contributed by atoms with van der Waals surface area (Å²) in [7, 11) is 0. The number of halogens is 1. The number of terminal acetylenes is 1. The van der Waals surface area contributed by atoms with Gasteiger partial charge in [-0.2, -0.15) is 0 Å². The fraction of sp³-hybridized carbons (Fsp3) is 0. The number of rotatable bonds is 1. The monoisotopic (exact) mass is 180 g/mol. The van der Waals surface area contributed by atoms with Crippen molar-refractivity contribution in [2.24, 2.45) is 0 Å². The minimum atomic E-state index is -1.07. The Kier molecular flexibility index (Phi) is 2.37. The third-order valence-corrected chi connectivity index (χ3v) is 1.79. The molecule has 1 N–H and O–H groups in total. The minimum absolute atomic E-state index is 0.0344. The SMILES string of the molecule is C#Cc1cccc(C(=O)O)c1Cl. The summed E-state index contributed by atoms with van der Waals surface area (Å²) in [5, 5.41) is 8.75. The first-order valence-corrected chi connectivity index (χ1v) is 3.53. The molecule has 1 rings (SSSR count). The molecule has 0 unspecified atom stereocenters. The van der Waals surface area contributed by atoms with E-state index in [1.54, 1.807) is 12.1 Å². The van der Waals surface area contributed by atoms with Gasteiger partial charge in [0.1, 0.15) is 0 Å². The maximum absolute atomic E-state index is 10.5. The number of carboxylic acids is 1. The Labute approximate surface area is 74.8 Å². The summed E-state index contributed by atoms with van der Waals surface area (Å²) in [6.45, 7) is 0. The van der Waals surface area contributed by atoms with E-state index in [-0.39, 0.29) is 10.6 Å². The van der Waals surface area contributed by atoms with Gasteiger partial charge in [0.15, 0.2) is 0 Å². The van der Waals surface area contributed by atoms with Crippen LogP contribution in [0.2, 0.25) is 5.02 Å². The Balaban J connectivity index is 3.35. The van der Waals surface area contributed by atoms with Gasteiger partial charge in [0.05, 0.1) is 10.6 Å². The van der Waals surface area contributed by atoms with Crippen molar-refractivity contribution in [3.05, 3.63) is 34.3 Å². The number of benzene rings is 1. The molecule has 12 heavy (non-hydrogen) atoms. The Bertz CT molecular complexity index is 363. The number of carboxylic acid groups (broad SMARTS) is 1. The summed E-state index contributed by atoms with van der Waals surface area (Å²) in [6, 6.07) is 4.56. The Morgan fingerprint density at radius 1 is 1.58 bits per heavy atom. The van der Waals surface area contributed by atoms with Gasteiger partial charge in [0.2, 0.25) is 0 Å². The highest BCUT2D eigenvalue weighted by atomic mass is 35.5. The van der Waals surface area contributed by atoms with Crippen molar-refractivity contribution in [3.63, 3.8) is 0 Å². The summed E-state index contributed by atoms with van der Waals surface area (Å²) in [6.07, 6.45) is 5.09. The van der Waals surface area contributed by atoms with Crippen LogP contribution in [0.3, 0.4) is 0 Å². The van der Waals surface area contributed by atoms with Crippen LogP contribution in [0.4, 0.5) is 0 Å². The zero-order valence-electron chi connectivity index (χ0n) is 6.04. The average molecular weight is 181 g/mol. The predicted molar refractivity (Wildman–Crippen MR) is 46.3 cm³/mol. The molecule has 0 spiro atoms. The van der Waals surface area contributed by atoms with Crippen molar-refractivity contribution in [2.45, 2.75) is 0 Å². The smallest absolute Gasteiger partial charge is 0.337 e. The van der Waals surface area contributed by atoms with Gasteiger partial charge in [-0.3, -0.25) is 0 Å². The molecule has 0 aliphatic carbocycles. The highest BCUT2D eigenvalue weighted by molar-refractivity contribution is 6.34. The van der Waals surface area contributed by atoms with Crippen LogP contribution in [0.1, 0.15) is 15.9 Å². The summed E-state index contributed by atoms with van der Waals surface area (Å²) < 4.78 is 0. The van der Waals surface area contributed by atoms with Crippen molar-refractivity contribution in [1.82, 2.24) is 0 Å². The predicted octanol–water partition coefficient (Wildman–Crippen LogP) is 2.02. The molecule has 1 aromatic carbocycles. The van der Waals surface area contributed by atoms with E-state index in [0.717, 1.165) is 0 Å². The Morgan fingerprint density at radius 3 is 2.75 bits per heavy atom. The molecule has 0 aliphatic rings. The molecule has 0 saturated heterocycles. The second-order valence-corrected chi connectivity index (χ2v) is 2.49. The third-order valence-electron chi connectivity index (χ3n) is 1.38. The second-order valence-electron chi connectivity index (χ2n) is 2.12. The molecule has 60 valence electrons. The van der Waals surface area contributed by atoms with E-state index >= 15 is 0 Å². The topological polar surface area (TPSA) is 37.3 Å². The van der Waals surface area contributed by atoms with Crippen LogP contribution in [-0.2, 0) is 0 Å². The zero-order chi connectivity index (χ0) is 9.14. The summed E-state index contributed by atoms with van der Waals surface area (Å²) in [5.74, 6) is 1.22. The minimum Gasteiger partial charge on any atom is -0.478 e. The molecular formula is C9H5ClO2. The maximum atomic E-state index is 10.5. The highest BCUT2D eigenvalue weighted by Gasteiger charge is 2.09. The fourth-order valence-corrected chi connectivity index (χ4v) is 1.07. The largest absolute Gasteiger partial charge is 0.478 e. The average Bonchev–Trinajstić information content (AvgIpc) is 2.04. The molecule has 2 nitrogen and oxygen atoms in total. The van der Waals surface area contributed by atoms with Gasteiger partial charge in [-0.05, 0) is 12.1 Å². The maximum Gasteiger partial charge on any atom is 0.337 e. The zero-order valence-corrected chi connectivity index (χ0v) is 6.80. The normalized spacial score (nSPS) is 9.00. The lowest BCUT2D eigenvalue weighted by molar-refractivity contribution is 0.0697. The lowest BCUT2D eigenvalue weighted by Gasteiger charge is -1.99. The van der Waals surface area contributed by atoms with E-state index in [4.69, 9.17) is 23.1 Å². The molecular weight excluding hydrogens is 176 g/mol. The Morgan fingerprint density at radius 2 is 2.25 bits per heavy atom. The summed E-state index contributed by atoms with van der Waals surface area (Å²) in [4.78, 5) is 10.5. The van der Waals surface area contributed by atoms with Gasteiger partial charge in [0.25, 0.3) is 0 Å². The van der Waals surface area contributed by atoms with Crippen molar-refractivity contribution in [2.75, 3.05) is 0 Å². The summed E-state index contributed by atoms with van der Waals surface area (Å²) in [5.41, 5.74) is 0.434. The van der Waals surface area contributed by atoms with Crippen LogP contribution >= 0.6 is 11.6 Å². The van der Waals surface area contributed by atoms with Gasteiger partial charge < -0.3 is 5.11 Å². The molecule has 0 heterocycles.